The van der Waals surface area contributed by atoms with E-state index >= 15 is 0 Å². The fourth-order valence-corrected chi connectivity index (χ4v) is 3.44. The molecule has 0 bridgehead atoms. The molecule has 0 radical (unpaired) electrons. The van der Waals surface area contributed by atoms with E-state index in [0.717, 1.165) is 9.99 Å². The van der Waals surface area contributed by atoms with Gasteiger partial charge in [0.1, 0.15) is 5.82 Å². The SMILES string of the molecule is O=C(N[C@@H]1CCC[C@@H](O)[C@H]1O)c1ccncc1Nc1ccc(I)cc1F. The van der Waals surface area contributed by atoms with Crippen LogP contribution in [0.25, 0.3) is 0 Å². The number of anilines is 2. The number of rotatable bonds is 4. The molecule has 1 aliphatic carbocycles. The molecule has 1 aromatic carbocycles. The third kappa shape index (κ3) is 4.30. The molecule has 1 heterocycles. The Morgan fingerprint density at radius 3 is 2.81 bits per heavy atom. The van der Waals surface area contributed by atoms with E-state index in [-0.39, 0.29) is 11.3 Å². The predicted molar refractivity (Wildman–Crippen MR) is 104 cm³/mol. The lowest BCUT2D eigenvalue weighted by atomic mass is 9.90. The second-order valence-corrected chi connectivity index (χ2v) is 7.48. The summed E-state index contributed by atoms with van der Waals surface area (Å²) in [4.78, 5) is 16.6. The number of nitrogens with zero attached hydrogens (tertiary/aromatic N) is 1. The summed E-state index contributed by atoms with van der Waals surface area (Å²) >= 11 is 2.02. The smallest absolute Gasteiger partial charge is 0.253 e. The number of aliphatic hydroxyl groups excluding tert-OH is 2. The van der Waals surface area contributed by atoms with Gasteiger partial charge in [0.05, 0.1) is 41.4 Å². The summed E-state index contributed by atoms with van der Waals surface area (Å²) < 4.78 is 14.9. The largest absolute Gasteiger partial charge is 0.390 e. The Hall–Kier alpha value is -1.78. The molecule has 3 rings (SSSR count). The number of carbonyl (C=O) groups is 1. The zero-order valence-electron chi connectivity index (χ0n) is 13.8. The number of halogens is 2. The lowest BCUT2D eigenvalue weighted by molar-refractivity contribution is -0.0277. The Morgan fingerprint density at radius 1 is 1.23 bits per heavy atom. The highest BCUT2D eigenvalue weighted by atomic mass is 127. The molecule has 2 aromatic rings. The maximum Gasteiger partial charge on any atom is 0.253 e. The molecule has 6 nitrogen and oxygen atoms in total. The number of hydrogen-bond donors (Lipinski definition) is 4. The zero-order valence-corrected chi connectivity index (χ0v) is 16.0. The van der Waals surface area contributed by atoms with E-state index in [1.807, 2.05) is 22.6 Å². The number of amides is 1. The highest BCUT2D eigenvalue weighted by Crippen LogP contribution is 2.25. The first-order valence-electron chi connectivity index (χ1n) is 8.29. The van der Waals surface area contributed by atoms with E-state index in [1.165, 1.54) is 24.5 Å². The second-order valence-electron chi connectivity index (χ2n) is 6.24. The van der Waals surface area contributed by atoms with E-state index in [1.54, 1.807) is 12.1 Å². The van der Waals surface area contributed by atoms with Crippen molar-refractivity contribution in [3.8, 4) is 0 Å². The number of benzene rings is 1. The first-order chi connectivity index (χ1) is 12.5. The minimum Gasteiger partial charge on any atom is -0.390 e. The summed E-state index contributed by atoms with van der Waals surface area (Å²) in [5.41, 5.74) is 0.877. The predicted octanol–water partition coefficient (Wildman–Crippen LogP) is 2.57. The number of carbonyl (C=O) groups excluding carboxylic acids is 1. The molecule has 1 aliphatic rings. The topological polar surface area (TPSA) is 94.5 Å². The summed E-state index contributed by atoms with van der Waals surface area (Å²) in [5.74, 6) is -0.850. The van der Waals surface area contributed by atoms with Crippen molar-refractivity contribution in [1.82, 2.24) is 10.3 Å². The number of nitrogens with one attached hydrogen (secondary N) is 2. The van der Waals surface area contributed by atoms with E-state index in [9.17, 15) is 19.4 Å². The first-order valence-corrected chi connectivity index (χ1v) is 9.36. The number of aromatic nitrogens is 1. The van der Waals surface area contributed by atoms with Gasteiger partial charge in [-0.3, -0.25) is 9.78 Å². The Kier molecular flexibility index (Phi) is 6.05. The van der Waals surface area contributed by atoms with Gasteiger partial charge < -0.3 is 20.8 Å². The van der Waals surface area contributed by atoms with Crippen molar-refractivity contribution >= 4 is 39.9 Å². The van der Waals surface area contributed by atoms with Gasteiger partial charge in [-0.15, -0.1) is 0 Å². The molecule has 1 fully saturated rings. The minimum absolute atomic E-state index is 0.237. The first kappa shape index (κ1) is 19.0. The van der Waals surface area contributed by atoms with Crippen LogP contribution in [0, 0.1) is 9.39 Å². The van der Waals surface area contributed by atoms with Crippen LogP contribution in [0.15, 0.2) is 36.7 Å². The van der Waals surface area contributed by atoms with Crippen LogP contribution in [0.2, 0.25) is 0 Å². The highest BCUT2D eigenvalue weighted by molar-refractivity contribution is 14.1. The molecule has 4 N–H and O–H groups in total. The summed E-state index contributed by atoms with van der Waals surface area (Å²) in [6.45, 7) is 0. The molecule has 0 saturated heterocycles. The number of aliphatic hydroxyl groups is 2. The Bertz CT molecular complexity index is 805. The molecule has 1 saturated carbocycles. The van der Waals surface area contributed by atoms with Crippen LogP contribution in [-0.2, 0) is 0 Å². The fourth-order valence-electron chi connectivity index (χ4n) is 2.99. The molecular formula is C18H19FIN3O3. The third-order valence-corrected chi connectivity index (χ3v) is 5.08. The van der Waals surface area contributed by atoms with Gasteiger partial charge in [0.2, 0.25) is 0 Å². The molecule has 138 valence electrons. The standard InChI is InChI=1S/C18H19FIN3O3/c19-12-8-10(20)4-5-13(12)22-15-9-21-7-6-11(15)18(26)23-14-2-1-3-16(24)17(14)25/h4-9,14,16-17,22,24-25H,1-3H2,(H,23,26)/t14-,16-,17+/m1/s1. The molecule has 0 spiro atoms. The second kappa shape index (κ2) is 8.28. The molecule has 0 aliphatic heterocycles. The van der Waals surface area contributed by atoms with Gasteiger partial charge in [-0.05, 0) is 66.1 Å². The highest BCUT2D eigenvalue weighted by Gasteiger charge is 2.32. The van der Waals surface area contributed by atoms with Crippen LogP contribution in [-0.4, -0.2) is 39.4 Å². The van der Waals surface area contributed by atoms with Crippen molar-refractivity contribution in [2.45, 2.75) is 37.5 Å². The van der Waals surface area contributed by atoms with E-state index in [0.29, 0.717) is 18.5 Å². The summed E-state index contributed by atoms with van der Waals surface area (Å²) in [6.07, 6.45) is 2.89. The van der Waals surface area contributed by atoms with Gasteiger partial charge in [-0.1, -0.05) is 0 Å². The summed E-state index contributed by atoms with van der Waals surface area (Å²) in [6, 6.07) is 5.73. The van der Waals surface area contributed by atoms with Crippen LogP contribution in [0.5, 0.6) is 0 Å². The molecule has 8 heteroatoms. The van der Waals surface area contributed by atoms with Crippen molar-refractivity contribution in [2.75, 3.05) is 5.32 Å². The lowest BCUT2D eigenvalue weighted by Gasteiger charge is -2.32. The summed E-state index contributed by atoms with van der Waals surface area (Å²) in [5, 5.41) is 25.5. The monoisotopic (exact) mass is 471 g/mol. The number of pyridine rings is 1. The van der Waals surface area contributed by atoms with E-state index in [2.05, 4.69) is 15.6 Å². The number of hydrogen-bond acceptors (Lipinski definition) is 5. The lowest BCUT2D eigenvalue weighted by Crippen LogP contribution is -2.51. The van der Waals surface area contributed by atoms with Crippen LogP contribution in [0.4, 0.5) is 15.8 Å². The quantitative estimate of drug-likeness (QED) is 0.515. The van der Waals surface area contributed by atoms with Gasteiger partial charge in [-0.25, -0.2) is 4.39 Å². The van der Waals surface area contributed by atoms with Crippen molar-refractivity contribution in [2.24, 2.45) is 0 Å². The molecule has 1 aromatic heterocycles. The zero-order chi connectivity index (χ0) is 18.7. The third-order valence-electron chi connectivity index (χ3n) is 4.40. The Morgan fingerprint density at radius 2 is 2.04 bits per heavy atom. The van der Waals surface area contributed by atoms with Crippen LogP contribution in [0.3, 0.4) is 0 Å². The average molecular weight is 471 g/mol. The summed E-state index contributed by atoms with van der Waals surface area (Å²) in [7, 11) is 0. The van der Waals surface area contributed by atoms with E-state index < -0.39 is 30.0 Å². The molecule has 26 heavy (non-hydrogen) atoms. The minimum atomic E-state index is -1.00. The van der Waals surface area contributed by atoms with Crippen LogP contribution < -0.4 is 10.6 Å². The van der Waals surface area contributed by atoms with Gasteiger partial charge >= 0.3 is 0 Å². The Balaban J connectivity index is 1.79. The molecule has 1 amide bonds. The van der Waals surface area contributed by atoms with E-state index in [4.69, 9.17) is 0 Å². The van der Waals surface area contributed by atoms with Gasteiger partial charge in [-0.2, -0.15) is 0 Å². The molecular weight excluding hydrogens is 452 g/mol. The van der Waals surface area contributed by atoms with Crippen molar-refractivity contribution < 1.29 is 19.4 Å². The molecule has 3 atom stereocenters. The van der Waals surface area contributed by atoms with Crippen molar-refractivity contribution in [1.29, 1.82) is 0 Å². The molecule has 0 unspecified atom stereocenters. The van der Waals surface area contributed by atoms with Crippen molar-refractivity contribution in [3.63, 3.8) is 0 Å². The maximum atomic E-state index is 14.1. The van der Waals surface area contributed by atoms with Crippen molar-refractivity contribution in [3.05, 3.63) is 51.6 Å². The van der Waals surface area contributed by atoms with Gasteiger partial charge in [0, 0.05) is 9.77 Å². The maximum absolute atomic E-state index is 14.1. The van der Waals surface area contributed by atoms with Gasteiger partial charge in [0.25, 0.3) is 5.91 Å². The van der Waals surface area contributed by atoms with Gasteiger partial charge in [0.15, 0.2) is 0 Å². The Labute approximate surface area is 164 Å². The average Bonchev–Trinajstić information content (AvgIpc) is 2.62. The van der Waals surface area contributed by atoms with Crippen LogP contribution in [0.1, 0.15) is 29.6 Å². The normalized spacial score (nSPS) is 22.7. The fraction of sp³-hybridized carbons (Fsp3) is 0.333. The van der Waals surface area contributed by atoms with Crippen LogP contribution >= 0.6 is 22.6 Å².